The molecule has 0 spiro atoms. The second-order valence-corrected chi connectivity index (χ2v) is 7.42. The molecule has 3 N–H and O–H groups in total. The standard InChI is InChI=1S/C17H21N3/c18-10-12-2-1-3-15(5-12)20-17-8-13-4-14(9-17)7-16(19,6-13)11-17/h1-3,5,13-14,20H,4,6-9,11,19H2. The fraction of sp³-hybridized carbons (Fsp3) is 0.588. The zero-order valence-electron chi connectivity index (χ0n) is 11.7. The molecule has 20 heavy (non-hydrogen) atoms. The first-order valence-corrected chi connectivity index (χ1v) is 7.65. The molecule has 104 valence electrons. The second kappa shape index (κ2) is 3.99. The molecule has 4 bridgehead atoms. The van der Waals surface area contributed by atoms with Crippen molar-refractivity contribution in [3.8, 4) is 6.07 Å². The zero-order valence-corrected chi connectivity index (χ0v) is 11.7. The van der Waals surface area contributed by atoms with Gasteiger partial charge in [0, 0.05) is 16.8 Å². The van der Waals surface area contributed by atoms with E-state index in [4.69, 9.17) is 11.0 Å². The van der Waals surface area contributed by atoms with Crippen molar-refractivity contribution >= 4 is 5.69 Å². The van der Waals surface area contributed by atoms with Crippen molar-refractivity contribution in [1.29, 1.82) is 5.26 Å². The molecule has 0 aliphatic heterocycles. The van der Waals surface area contributed by atoms with E-state index in [9.17, 15) is 0 Å². The SMILES string of the molecule is N#Cc1cccc(NC23CC4CC(CC(N)(C4)C2)C3)c1. The monoisotopic (exact) mass is 267 g/mol. The van der Waals surface area contributed by atoms with Crippen LogP contribution in [0.25, 0.3) is 0 Å². The maximum atomic E-state index is 9.03. The summed E-state index contributed by atoms with van der Waals surface area (Å²) in [6.07, 6.45) is 7.39. The van der Waals surface area contributed by atoms with Gasteiger partial charge in [-0.25, -0.2) is 0 Å². The molecule has 0 aromatic heterocycles. The summed E-state index contributed by atoms with van der Waals surface area (Å²) in [6.45, 7) is 0. The molecule has 5 rings (SSSR count). The fourth-order valence-corrected chi connectivity index (χ4v) is 5.45. The number of nitrogens with two attached hydrogens (primary N) is 1. The number of nitrogens with zero attached hydrogens (tertiary/aromatic N) is 1. The van der Waals surface area contributed by atoms with E-state index in [2.05, 4.69) is 17.5 Å². The van der Waals surface area contributed by atoms with Crippen molar-refractivity contribution < 1.29 is 0 Å². The van der Waals surface area contributed by atoms with E-state index >= 15 is 0 Å². The number of benzene rings is 1. The molecule has 4 fully saturated rings. The van der Waals surface area contributed by atoms with E-state index in [1.165, 1.54) is 32.1 Å². The molecule has 3 nitrogen and oxygen atoms in total. The van der Waals surface area contributed by atoms with Gasteiger partial charge < -0.3 is 11.1 Å². The van der Waals surface area contributed by atoms with Crippen LogP contribution in [0.4, 0.5) is 5.69 Å². The van der Waals surface area contributed by atoms with Gasteiger partial charge in [-0.2, -0.15) is 5.26 Å². The third-order valence-corrected chi connectivity index (χ3v) is 5.51. The molecule has 3 heteroatoms. The Kier molecular flexibility index (Phi) is 2.44. The summed E-state index contributed by atoms with van der Waals surface area (Å²) in [5, 5.41) is 12.8. The summed E-state index contributed by atoms with van der Waals surface area (Å²) < 4.78 is 0. The highest BCUT2D eigenvalue weighted by Gasteiger charge is 2.56. The Balaban J connectivity index is 1.63. The van der Waals surface area contributed by atoms with Gasteiger partial charge in [-0.15, -0.1) is 0 Å². The van der Waals surface area contributed by atoms with Gasteiger partial charge in [0.2, 0.25) is 0 Å². The average molecular weight is 267 g/mol. The molecule has 2 unspecified atom stereocenters. The van der Waals surface area contributed by atoms with Crippen LogP contribution in [0.3, 0.4) is 0 Å². The summed E-state index contributed by atoms with van der Waals surface area (Å²) in [6, 6.07) is 10.1. The van der Waals surface area contributed by atoms with Crippen molar-refractivity contribution in [2.75, 3.05) is 5.32 Å². The van der Waals surface area contributed by atoms with E-state index in [0.717, 1.165) is 29.5 Å². The quantitative estimate of drug-likeness (QED) is 0.865. The molecule has 0 radical (unpaired) electrons. The number of hydrogen-bond acceptors (Lipinski definition) is 3. The van der Waals surface area contributed by atoms with E-state index in [-0.39, 0.29) is 11.1 Å². The first-order valence-electron chi connectivity index (χ1n) is 7.65. The second-order valence-electron chi connectivity index (χ2n) is 7.42. The van der Waals surface area contributed by atoms with Crippen LogP contribution >= 0.6 is 0 Å². The van der Waals surface area contributed by atoms with Crippen molar-refractivity contribution in [3.63, 3.8) is 0 Å². The molecule has 4 saturated carbocycles. The van der Waals surface area contributed by atoms with Gasteiger partial charge in [0.05, 0.1) is 11.6 Å². The number of hydrogen-bond donors (Lipinski definition) is 2. The minimum atomic E-state index is 0.0594. The summed E-state index contributed by atoms with van der Waals surface area (Å²) >= 11 is 0. The van der Waals surface area contributed by atoms with Gasteiger partial charge in [-0.3, -0.25) is 0 Å². The highest BCUT2D eigenvalue weighted by Crippen LogP contribution is 2.57. The van der Waals surface area contributed by atoms with Gasteiger partial charge in [0.25, 0.3) is 0 Å². The Morgan fingerprint density at radius 1 is 1.20 bits per heavy atom. The molecular weight excluding hydrogens is 246 g/mol. The summed E-state index contributed by atoms with van der Waals surface area (Å²) in [4.78, 5) is 0. The highest BCUT2D eigenvalue weighted by molar-refractivity contribution is 5.51. The smallest absolute Gasteiger partial charge is 0.0992 e. The first kappa shape index (κ1) is 12.2. The van der Waals surface area contributed by atoms with Gasteiger partial charge in [0.1, 0.15) is 0 Å². The normalized spacial score (nSPS) is 41.4. The minimum Gasteiger partial charge on any atom is -0.379 e. The lowest BCUT2D eigenvalue weighted by Crippen LogP contribution is -2.65. The van der Waals surface area contributed by atoms with Gasteiger partial charge in [-0.05, 0) is 68.6 Å². The van der Waals surface area contributed by atoms with Gasteiger partial charge >= 0.3 is 0 Å². The zero-order chi connectivity index (χ0) is 13.8. The third-order valence-electron chi connectivity index (χ3n) is 5.51. The minimum absolute atomic E-state index is 0.0594. The third kappa shape index (κ3) is 1.91. The van der Waals surface area contributed by atoms with Crippen LogP contribution in [0, 0.1) is 23.2 Å². The van der Waals surface area contributed by atoms with Crippen molar-refractivity contribution in [2.24, 2.45) is 17.6 Å². The van der Waals surface area contributed by atoms with Crippen LogP contribution in [-0.2, 0) is 0 Å². The Bertz CT molecular complexity index is 572. The number of rotatable bonds is 2. The van der Waals surface area contributed by atoms with E-state index in [0.29, 0.717) is 0 Å². The molecular formula is C17H21N3. The molecule has 0 saturated heterocycles. The lowest BCUT2D eigenvalue weighted by Gasteiger charge is -2.61. The summed E-state index contributed by atoms with van der Waals surface area (Å²) in [5.41, 5.74) is 8.66. The maximum absolute atomic E-state index is 9.03. The number of anilines is 1. The molecule has 4 aliphatic carbocycles. The summed E-state index contributed by atoms with van der Waals surface area (Å²) in [7, 11) is 0. The van der Waals surface area contributed by atoms with Crippen LogP contribution in [0.2, 0.25) is 0 Å². The first-order chi connectivity index (χ1) is 9.58. The van der Waals surface area contributed by atoms with Gasteiger partial charge in [-0.1, -0.05) is 6.07 Å². The molecule has 0 heterocycles. The molecule has 2 atom stereocenters. The van der Waals surface area contributed by atoms with Crippen molar-refractivity contribution in [1.82, 2.24) is 0 Å². The van der Waals surface area contributed by atoms with Crippen LogP contribution < -0.4 is 11.1 Å². The topological polar surface area (TPSA) is 61.8 Å². The van der Waals surface area contributed by atoms with Crippen LogP contribution in [0.5, 0.6) is 0 Å². The number of nitrogens with one attached hydrogen (secondary N) is 1. The Morgan fingerprint density at radius 3 is 2.60 bits per heavy atom. The maximum Gasteiger partial charge on any atom is 0.0992 e. The Labute approximate surface area is 120 Å². The Hall–Kier alpha value is -1.53. The average Bonchev–Trinajstić information content (AvgIpc) is 2.35. The molecule has 1 aromatic carbocycles. The van der Waals surface area contributed by atoms with Crippen LogP contribution in [-0.4, -0.2) is 11.1 Å². The summed E-state index contributed by atoms with van der Waals surface area (Å²) in [5.74, 6) is 1.60. The lowest BCUT2D eigenvalue weighted by molar-refractivity contribution is -0.00775. The van der Waals surface area contributed by atoms with E-state index < -0.39 is 0 Å². The largest absolute Gasteiger partial charge is 0.379 e. The number of nitriles is 1. The van der Waals surface area contributed by atoms with Gasteiger partial charge in [0.15, 0.2) is 0 Å². The van der Waals surface area contributed by atoms with Crippen LogP contribution in [0.15, 0.2) is 24.3 Å². The van der Waals surface area contributed by atoms with Crippen molar-refractivity contribution in [3.05, 3.63) is 29.8 Å². The lowest BCUT2D eigenvalue weighted by atomic mass is 9.50. The predicted molar refractivity (Wildman–Crippen MR) is 79.1 cm³/mol. The predicted octanol–water partition coefficient (Wildman–Crippen LogP) is 3.02. The molecule has 0 amide bonds. The van der Waals surface area contributed by atoms with Crippen molar-refractivity contribution in [2.45, 2.75) is 49.6 Å². The molecule has 4 aliphatic rings. The van der Waals surface area contributed by atoms with E-state index in [1.54, 1.807) is 0 Å². The Morgan fingerprint density at radius 2 is 1.95 bits per heavy atom. The fourth-order valence-electron chi connectivity index (χ4n) is 5.45. The highest BCUT2D eigenvalue weighted by atomic mass is 15.0. The molecule has 1 aromatic rings. The van der Waals surface area contributed by atoms with Crippen LogP contribution in [0.1, 0.15) is 44.1 Å². The van der Waals surface area contributed by atoms with E-state index in [1.807, 2.05) is 18.2 Å².